The second-order valence-corrected chi connectivity index (χ2v) is 10.1. The smallest absolute Gasteiger partial charge is 0.224 e. The minimum atomic E-state index is -0.774. The number of nitrogens with one attached hydrogen (secondary N) is 3. The van der Waals surface area contributed by atoms with E-state index in [4.69, 9.17) is 11.6 Å². The van der Waals surface area contributed by atoms with Gasteiger partial charge in [0.2, 0.25) is 11.8 Å². The zero-order valence-electron chi connectivity index (χ0n) is 18.6. The average Bonchev–Trinajstić information content (AvgIpc) is 3.31. The van der Waals surface area contributed by atoms with Crippen molar-refractivity contribution in [1.29, 1.82) is 5.26 Å². The van der Waals surface area contributed by atoms with Crippen LogP contribution in [0, 0.1) is 28.6 Å². The van der Waals surface area contributed by atoms with E-state index in [1.54, 1.807) is 18.2 Å². The summed E-state index contributed by atoms with van der Waals surface area (Å²) in [5.41, 5.74) is 0.995. The van der Waals surface area contributed by atoms with Gasteiger partial charge in [-0.2, -0.15) is 5.26 Å². The fraction of sp³-hybridized carbons (Fsp3) is 0.500. The third-order valence-corrected chi connectivity index (χ3v) is 5.94. The lowest BCUT2D eigenvalue weighted by molar-refractivity contribution is -0.127. The van der Waals surface area contributed by atoms with E-state index in [0.29, 0.717) is 30.1 Å². The van der Waals surface area contributed by atoms with Crippen LogP contribution < -0.4 is 10.6 Å². The monoisotopic (exact) mass is 456 g/mol. The number of benzene rings is 1. The highest BCUT2D eigenvalue weighted by Gasteiger charge is 2.32. The second-order valence-electron chi connectivity index (χ2n) is 9.71. The molecule has 1 aromatic heterocycles. The van der Waals surface area contributed by atoms with Gasteiger partial charge in [-0.3, -0.25) is 14.4 Å². The van der Waals surface area contributed by atoms with Gasteiger partial charge in [0.1, 0.15) is 6.04 Å². The number of halogens is 1. The van der Waals surface area contributed by atoms with Gasteiger partial charge in [-0.1, -0.05) is 38.4 Å². The summed E-state index contributed by atoms with van der Waals surface area (Å²) in [6.45, 7) is 6.61. The first-order valence-corrected chi connectivity index (χ1v) is 11.2. The number of nitrogens with zero attached hydrogens (tertiary/aromatic N) is 1. The molecule has 8 heteroatoms. The Hall–Kier alpha value is -2.85. The predicted octanol–water partition coefficient (Wildman–Crippen LogP) is 3.98. The topological polar surface area (TPSA) is 115 Å². The van der Waals surface area contributed by atoms with Crippen molar-refractivity contribution in [1.82, 2.24) is 15.6 Å². The van der Waals surface area contributed by atoms with Crippen molar-refractivity contribution in [2.24, 2.45) is 17.3 Å². The standard InChI is InChI=1S/C24H29ClN4O3/c1-24(2,3)12-16(23(32)28-18(13-26)8-15-6-7-27-22(15)31)10-21(30)20-9-14-4-5-17(25)11-19(14)29-20/h4-5,9,11,15-16,18,29H,6-8,10,12H2,1-3H3,(H,27,31)(H,28,32)/t15-,16-,18-/m0/s1. The molecule has 0 radical (unpaired) electrons. The van der Waals surface area contributed by atoms with Gasteiger partial charge in [0.05, 0.1) is 11.8 Å². The maximum atomic E-state index is 13.1. The Labute approximate surface area is 192 Å². The summed E-state index contributed by atoms with van der Waals surface area (Å²) < 4.78 is 0. The van der Waals surface area contributed by atoms with E-state index in [-0.39, 0.29) is 41.8 Å². The van der Waals surface area contributed by atoms with Crippen LogP contribution in [0.1, 0.15) is 56.9 Å². The Balaban J connectivity index is 1.72. The molecule has 1 fully saturated rings. The number of amides is 2. The molecular formula is C24H29ClN4O3. The maximum absolute atomic E-state index is 13.1. The molecule has 1 aliphatic rings. The van der Waals surface area contributed by atoms with Crippen LogP contribution in [0.25, 0.3) is 10.9 Å². The van der Waals surface area contributed by atoms with Crippen LogP contribution >= 0.6 is 11.6 Å². The van der Waals surface area contributed by atoms with Gasteiger partial charge >= 0.3 is 0 Å². The van der Waals surface area contributed by atoms with Crippen LogP contribution in [0.3, 0.4) is 0 Å². The van der Waals surface area contributed by atoms with Crippen molar-refractivity contribution in [2.75, 3.05) is 6.54 Å². The SMILES string of the molecule is CC(C)(C)C[C@H](CC(=O)c1cc2ccc(Cl)cc2[nH]1)C(=O)N[C@H](C#N)C[C@@H]1CCNC1=O. The summed E-state index contributed by atoms with van der Waals surface area (Å²) in [6, 6.07) is 8.42. The molecule has 1 aromatic carbocycles. The third-order valence-electron chi connectivity index (χ3n) is 5.70. The van der Waals surface area contributed by atoms with Gasteiger partial charge in [-0.25, -0.2) is 0 Å². The molecule has 7 nitrogen and oxygen atoms in total. The van der Waals surface area contributed by atoms with E-state index >= 15 is 0 Å². The molecule has 0 saturated carbocycles. The van der Waals surface area contributed by atoms with Gasteiger partial charge < -0.3 is 15.6 Å². The quantitative estimate of drug-likeness (QED) is 0.521. The fourth-order valence-electron chi connectivity index (χ4n) is 4.17. The Morgan fingerprint density at radius 2 is 2.06 bits per heavy atom. The zero-order chi connectivity index (χ0) is 23.5. The average molecular weight is 457 g/mol. The van der Waals surface area contributed by atoms with Crippen LogP contribution in [-0.2, 0) is 9.59 Å². The number of hydrogen-bond donors (Lipinski definition) is 3. The van der Waals surface area contributed by atoms with Crippen LogP contribution in [0.15, 0.2) is 24.3 Å². The molecule has 3 N–H and O–H groups in total. The maximum Gasteiger partial charge on any atom is 0.224 e. The van der Waals surface area contributed by atoms with Crippen molar-refractivity contribution in [3.63, 3.8) is 0 Å². The molecule has 3 atom stereocenters. The Morgan fingerprint density at radius 1 is 1.31 bits per heavy atom. The molecule has 3 rings (SSSR count). The zero-order valence-corrected chi connectivity index (χ0v) is 19.4. The molecule has 1 saturated heterocycles. The fourth-order valence-corrected chi connectivity index (χ4v) is 4.34. The molecule has 1 aliphatic heterocycles. The van der Waals surface area contributed by atoms with Crippen molar-refractivity contribution in [3.05, 3.63) is 35.0 Å². The van der Waals surface area contributed by atoms with Crippen molar-refractivity contribution < 1.29 is 14.4 Å². The van der Waals surface area contributed by atoms with E-state index < -0.39 is 12.0 Å². The van der Waals surface area contributed by atoms with Crippen LogP contribution in [0.2, 0.25) is 5.02 Å². The Bertz CT molecular complexity index is 1060. The van der Waals surface area contributed by atoms with Gasteiger partial charge in [-0.15, -0.1) is 0 Å². The molecule has 0 unspecified atom stereocenters. The lowest BCUT2D eigenvalue weighted by atomic mass is 9.81. The van der Waals surface area contributed by atoms with E-state index in [0.717, 1.165) is 10.9 Å². The number of Topliss-reactive ketones (excluding diaryl/α,β-unsaturated/α-hetero) is 1. The summed E-state index contributed by atoms with van der Waals surface area (Å²) in [6.07, 6.45) is 1.43. The Morgan fingerprint density at radius 3 is 2.69 bits per heavy atom. The molecule has 2 aromatic rings. The van der Waals surface area contributed by atoms with Gasteiger partial charge in [0.25, 0.3) is 0 Å². The minimum Gasteiger partial charge on any atom is -0.356 e. The van der Waals surface area contributed by atoms with E-state index in [1.165, 1.54) is 0 Å². The number of H-pyrrole nitrogens is 1. The first-order valence-electron chi connectivity index (χ1n) is 10.8. The first-order chi connectivity index (χ1) is 15.1. The number of rotatable bonds is 8. The number of nitriles is 1. The largest absolute Gasteiger partial charge is 0.356 e. The number of carbonyl (C=O) groups excluding carboxylic acids is 3. The summed E-state index contributed by atoms with van der Waals surface area (Å²) in [4.78, 5) is 41.0. The van der Waals surface area contributed by atoms with E-state index in [1.807, 2.05) is 26.8 Å². The number of hydrogen-bond acceptors (Lipinski definition) is 4. The summed E-state index contributed by atoms with van der Waals surface area (Å²) in [7, 11) is 0. The van der Waals surface area contributed by atoms with Crippen LogP contribution in [-0.4, -0.2) is 35.2 Å². The minimum absolute atomic E-state index is 0.0196. The highest BCUT2D eigenvalue weighted by atomic mass is 35.5. The number of fused-ring (bicyclic) bond motifs is 1. The Kier molecular flexibility index (Phi) is 7.25. The number of aromatic nitrogens is 1. The molecule has 0 spiro atoms. The molecule has 170 valence electrons. The molecule has 2 amide bonds. The van der Waals surface area contributed by atoms with Crippen molar-refractivity contribution in [2.45, 2.75) is 52.5 Å². The normalized spacial score (nSPS) is 18.1. The van der Waals surface area contributed by atoms with Crippen molar-refractivity contribution in [3.8, 4) is 6.07 Å². The van der Waals surface area contributed by atoms with E-state index in [9.17, 15) is 19.6 Å². The lowest BCUT2D eigenvalue weighted by Gasteiger charge is -2.26. The third kappa shape index (κ3) is 6.10. The molecule has 0 aliphatic carbocycles. The van der Waals surface area contributed by atoms with Crippen molar-refractivity contribution >= 4 is 40.1 Å². The van der Waals surface area contributed by atoms with E-state index in [2.05, 4.69) is 21.7 Å². The predicted molar refractivity (Wildman–Crippen MR) is 123 cm³/mol. The lowest BCUT2D eigenvalue weighted by Crippen LogP contribution is -2.41. The highest BCUT2D eigenvalue weighted by Crippen LogP contribution is 2.29. The molecule has 32 heavy (non-hydrogen) atoms. The molecular weight excluding hydrogens is 428 g/mol. The van der Waals surface area contributed by atoms with Crippen LogP contribution in [0.4, 0.5) is 0 Å². The summed E-state index contributed by atoms with van der Waals surface area (Å²) in [5.74, 6) is -1.46. The number of ketones is 1. The first kappa shape index (κ1) is 23.8. The second kappa shape index (κ2) is 9.74. The van der Waals surface area contributed by atoms with Crippen LogP contribution in [0.5, 0.6) is 0 Å². The highest BCUT2D eigenvalue weighted by molar-refractivity contribution is 6.31. The van der Waals surface area contributed by atoms with Gasteiger partial charge in [-0.05, 0) is 42.9 Å². The summed E-state index contributed by atoms with van der Waals surface area (Å²) >= 11 is 6.03. The van der Waals surface area contributed by atoms with Gasteiger partial charge in [0.15, 0.2) is 5.78 Å². The van der Waals surface area contributed by atoms with Gasteiger partial charge in [0, 0.05) is 40.7 Å². The number of aromatic amines is 1. The molecule has 2 heterocycles. The summed E-state index contributed by atoms with van der Waals surface area (Å²) in [5, 5.41) is 16.5. The molecule has 0 bridgehead atoms. The number of carbonyl (C=O) groups is 3.